The highest BCUT2D eigenvalue weighted by Crippen LogP contribution is 2.15. The average Bonchev–Trinajstić information content (AvgIpc) is 3.02. The molecule has 2 aromatic rings. The van der Waals surface area contributed by atoms with E-state index in [0.717, 1.165) is 25.9 Å². The number of halogens is 1. The van der Waals surface area contributed by atoms with Gasteiger partial charge in [-0.25, -0.2) is 0 Å². The second kappa shape index (κ2) is 11.7. The highest BCUT2D eigenvalue weighted by molar-refractivity contribution is 14.0. The maximum absolute atomic E-state index is 11.6. The van der Waals surface area contributed by atoms with E-state index < -0.39 is 0 Å². The van der Waals surface area contributed by atoms with Crippen LogP contribution in [-0.2, 0) is 11.3 Å². The molecule has 0 aliphatic rings. The zero-order chi connectivity index (χ0) is 17.2. The number of benzene rings is 1. The summed E-state index contributed by atoms with van der Waals surface area (Å²) in [7, 11) is 1.71. The van der Waals surface area contributed by atoms with Gasteiger partial charge in [-0.3, -0.25) is 9.79 Å². The van der Waals surface area contributed by atoms with Gasteiger partial charge in [0.2, 0.25) is 5.91 Å². The molecule has 0 atom stereocenters. The minimum Gasteiger partial charge on any atom is -0.356 e. The molecule has 3 N–H and O–H groups in total. The molecule has 0 saturated carbocycles. The van der Waals surface area contributed by atoms with Gasteiger partial charge in [-0.2, -0.15) is 0 Å². The zero-order valence-electron chi connectivity index (χ0n) is 14.9. The Bertz CT molecular complexity index is 683. The topological polar surface area (TPSA) is 70.4 Å². The molecular weight excluding hydrogens is 429 g/mol. The second-order valence-electron chi connectivity index (χ2n) is 5.62. The first kappa shape index (κ1) is 21.3. The highest BCUT2D eigenvalue weighted by Gasteiger charge is 2.03. The molecule has 1 aromatic carbocycles. The van der Waals surface area contributed by atoms with Crippen LogP contribution in [0.1, 0.15) is 19.8 Å². The first-order valence-corrected chi connectivity index (χ1v) is 8.49. The van der Waals surface area contributed by atoms with Crippen molar-refractivity contribution in [1.29, 1.82) is 0 Å². The van der Waals surface area contributed by atoms with Crippen molar-refractivity contribution >= 4 is 46.7 Å². The number of guanidine groups is 1. The Balaban J connectivity index is 0.00000312. The summed E-state index contributed by atoms with van der Waals surface area (Å²) in [4.78, 5) is 15.7. The molecule has 1 amide bonds. The van der Waals surface area contributed by atoms with E-state index in [1.54, 1.807) is 7.05 Å². The van der Waals surface area contributed by atoms with Crippen molar-refractivity contribution in [3.05, 3.63) is 36.5 Å². The summed E-state index contributed by atoms with van der Waals surface area (Å²) < 4.78 is 2.26. The van der Waals surface area contributed by atoms with Crippen molar-refractivity contribution in [1.82, 2.24) is 20.5 Å². The van der Waals surface area contributed by atoms with Crippen LogP contribution in [0.3, 0.4) is 0 Å². The molecule has 0 unspecified atom stereocenters. The number of hydrogen-bond donors (Lipinski definition) is 3. The Labute approximate surface area is 166 Å². The van der Waals surface area contributed by atoms with Crippen molar-refractivity contribution < 1.29 is 4.79 Å². The predicted molar refractivity (Wildman–Crippen MR) is 115 cm³/mol. The van der Waals surface area contributed by atoms with Crippen LogP contribution in [0.2, 0.25) is 0 Å². The van der Waals surface area contributed by atoms with Crippen molar-refractivity contribution in [2.45, 2.75) is 26.3 Å². The van der Waals surface area contributed by atoms with Gasteiger partial charge in [-0.1, -0.05) is 25.1 Å². The second-order valence-corrected chi connectivity index (χ2v) is 5.62. The number of fused-ring (bicyclic) bond motifs is 1. The lowest BCUT2D eigenvalue weighted by molar-refractivity contribution is -0.120. The van der Waals surface area contributed by atoms with Crippen LogP contribution in [0, 0.1) is 0 Å². The number of nitrogens with zero attached hydrogens (tertiary/aromatic N) is 2. The van der Waals surface area contributed by atoms with Crippen LogP contribution in [-0.4, -0.2) is 43.1 Å². The van der Waals surface area contributed by atoms with Crippen LogP contribution in [0.4, 0.5) is 0 Å². The molecule has 0 spiro atoms. The van der Waals surface area contributed by atoms with Gasteiger partial charge >= 0.3 is 0 Å². The van der Waals surface area contributed by atoms with Crippen molar-refractivity contribution in [3.8, 4) is 0 Å². The first-order chi connectivity index (χ1) is 11.7. The summed E-state index contributed by atoms with van der Waals surface area (Å²) in [5.41, 5.74) is 1.26. The number of amides is 1. The fourth-order valence-electron chi connectivity index (χ4n) is 2.50. The molecule has 0 bridgehead atoms. The standard InChI is InChI=1S/C18H27N5O.HI/c1-3-10-20-17(24)14-22-18(19-2)21-11-6-12-23-13-9-15-7-4-5-8-16(15)23;/h4-5,7-9,13H,3,6,10-12,14H2,1-2H3,(H,20,24)(H2,19,21,22);1H. The van der Waals surface area contributed by atoms with Gasteiger partial charge in [0.25, 0.3) is 0 Å². The minimum atomic E-state index is -0.0152. The predicted octanol–water partition coefficient (Wildman–Crippen LogP) is 2.34. The summed E-state index contributed by atoms with van der Waals surface area (Å²) in [6.45, 7) is 4.71. The van der Waals surface area contributed by atoms with E-state index in [0.29, 0.717) is 12.5 Å². The van der Waals surface area contributed by atoms with Gasteiger partial charge in [-0.15, -0.1) is 24.0 Å². The molecule has 0 aliphatic carbocycles. The maximum atomic E-state index is 11.6. The van der Waals surface area contributed by atoms with Crippen LogP contribution in [0.15, 0.2) is 41.5 Å². The molecule has 1 heterocycles. The lowest BCUT2D eigenvalue weighted by Gasteiger charge is -2.12. The Kier molecular flexibility index (Phi) is 9.98. The minimum absolute atomic E-state index is 0. The van der Waals surface area contributed by atoms with Crippen molar-refractivity contribution in [3.63, 3.8) is 0 Å². The summed E-state index contributed by atoms with van der Waals surface area (Å²) in [5, 5.41) is 10.4. The number of aryl methyl sites for hydroxylation is 1. The molecular formula is C18H28IN5O. The van der Waals surface area contributed by atoms with Crippen molar-refractivity contribution in [2.75, 3.05) is 26.7 Å². The summed E-state index contributed by atoms with van der Waals surface area (Å²) in [6.07, 6.45) is 4.03. The number of aliphatic imine (C=N–C) groups is 1. The van der Waals surface area contributed by atoms with Crippen LogP contribution < -0.4 is 16.0 Å². The van der Waals surface area contributed by atoms with E-state index in [2.05, 4.69) is 62.0 Å². The molecule has 1 aromatic heterocycles. The Morgan fingerprint density at radius 1 is 1.12 bits per heavy atom. The third-order valence-electron chi connectivity index (χ3n) is 3.76. The number of nitrogens with one attached hydrogen (secondary N) is 3. The molecule has 7 heteroatoms. The number of carbonyl (C=O) groups is 1. The zero-order valence-corrected chi connectivity index (χ0v) is 17.2. The van der Waals surface area contributed by atoms with E-state index in [-0.39, 0.29) is 36.4 Å². The molecule has 0 radical (unpaired) electrons. The van der Waals surface area contributed by atoms with Crippen LogP contribution in [0.25, 0.3) is 10.9 Å². The highest BCUT2D eigenvalue weighted by atomic mass is 127. The van der Waals surface area contributed by atoms with Crippen LogP contribution >= 0.6 is 24.0 Å². The number of hydrogen-bond acceptors (Lipinski definition) is 2. The fraction of sp³-hybridized carbons (Fsp3) is 0.444. The van der Waals surface area contributed by atoms with Gasteiger partial charge in [0.05, 0.1) is 6.54 Å². The van der Waals surface area contributed by atoms with Gasteiger partial charge in [-0.05, 0) is 30.4 Å². The summed E-state index contributed by atoms with van der Waals surface area (Å²) >= 11 is 0. The number of carbonyl (C=O) groups excluding carboxylic acids is 1. The van der Waals surface area contributed by atoms with E-state index in [1.807, 2.05) is 6.92 Å². The third-order valence-corrected chi connectivity index (χ3v) is 3.76. The largest absolute Gasteiger partial charge is 0.356 e. The third kappa shape index (κ3) is 6.93. The molecule has 0 aliphatic heterocycles. The number of rotatable bonds is 8. The first-order valence-electron chi connectivity index (χ1n) is 8.49. The van der Waals surface area contributed by atoms with E-state index in [1.165, 1.54) is 10.9 Å². The van der Waals surface area contributed by atoms with Gasteiger partial charge in [0.15, 0.2) is 5.96 Å². The monoisotopic (exact) mass is 457 g/mol. The molecule has 138 valence electrons. The quantitative estimate of drug-likeness (QED) is 0.247. The van der Waals surface area contributed by atoms with Crippen LogP contribution in [0.5, 0.6) is 0 Å². The lowest BCUT2D eigenvalue weighted by Crippen LogP contribution is -2.43. The van der Waals surface area contributed by atoms with Gasteiger partial charge in [0, 0.05) is 38.4 Å². The Morgan fingerprint density at radius 2 is 1.92 bits per heavy atom. The van der Waals surface area contributed by atoms with Crippen molar-refractivity contribution in [2.24, 2.45) is 4.99 Å². The van der Waals surface area contributed by atoms with E-state index in [9.17, 15) is 4.79 Å². The summed E-state index contributed by atoms with van der Waals surface area (Å²) in [5.74, 6) is 0.637. The molecule has 0 fully saturated rings. The Hall–Kier alpha value is -1.77. The molecule has 6 nitrogen and oxygen atoms in total. The lowest BCUT2D eigenvalue weighted by atomic mass is 10.2. The van der Waals surface area contributed by atoms with E-state index in [4.69, 9.17) is 0 Å². The summed E-state index contributed by atoms with van der Waals surface area (Å²) in [6, 6.07) is 10.5. The number of para-hydroxylation sites is 1. The molecule has 2 rings (SSSR count). The van der Waals surface area contributed by atoms with E-state index >= 15 is 0 Å². The Morgan fingerprint density at radius 3 is 2.68 bits per heavy atom. The normalized spacial score (nSPS) is 11.0. The molecule has 0 saturated heterocycles. The molecule has 25 heavy (non-hydrogen) atoms. The maximum Gasteiger partial charge on any atom is 0.239 e. The van der Waals surface area contributed by atoms with Gasteiger partial charge < -0.3 is 20.5 Å². The average molecular weight is 457 g/mol. The number of aromatic nitrogens is 1. The van der Waals surface area contributed by atoms with Gasteiger partial charge in [0.1, 0.15) is 0 Å². The smallest absolute Gasteiger partial charge is 0.239 e. The SMILES string of the molecule is CCCNC(=O)CNC(=NC)NCCCn1ccc2ccccc21.I. The fourth-order valence-corrected chi connectivity index (χ4v) is 2.50.